The zero-order valence-electron chi connectivity index (χ0n) is 7.73. The average Bonchev–Trinajstić information content (AvgIpc) is 2.33. The van der Waals surface area contributed by atoms with E-state index in [4.69, 9.17) is 0 Å². The molecule has 0 radical (unpaired) electrons. The first-order chi connectivity index (χ1) is 5.97. The van der Waals surface area contributed by atoms with Gasteiger partial charge in [-0.3, -0.25) is 4.90 Å². The molecule has 0 aromatic carbocycles. The van der Waals surface area contributed by atoms with Gasteiger partial charge < -0.3 is 5.11 Å². The number of nitrogens with zero attached hydrogens (tertiary/aromatic N) is 1. The molecule has 0 bridgehead atoms. The molecule has 1 unspecified atom stereocenters. The van der Waals surface area contributed by atoms with E-state index in [0.717, 1.165) is 19.2 Å². The van der Waals surface area contributed by atoms with E-state index in [9.17, 15) is 13.5 Å². The minimum absolute atomic E-state index is 0.238. The smallest absolute Gasteiger partial charge is 0.208 e. The van der Waals surface area contributed by atoms with E-state index in [0.29, 0.717) is 19.6 Å². The monoisotopic (exact) mass is 208 g/mol. The van der Waals surface area contributed by atoms with E-state index in [1.54, 1.807) is 0 Å². The summed E-state index contributed by atoms with van der Waals surface area (Å²) in [5.41, 5.74) is 0. The van der Waals surface area contributed by atoms with Gasteiger partial charge in [-0.15, -0.1) is 0 Å². The lowest BCUT2D eigenvalue weighted by Crippen LogP contribution is -2.33. The molecule has 0 aromatic heterocycles. The summed E-state index contributed by atoms with van der Waals surface area (Å²) in [5, 5.41) is 9.18. The summed E-state index contributed by atoms with van der Waals surface area (Å²) in [4.78, 5) is 2.04. The zero-order valence-corrected chi connectivity index (χ0v) is 8.55. The van der Waals surface area contributed by atoms with Crippen LogP contribution in [0.1, 0.15) is 6.42 Å². The highest BCUT2D eigenvalue weighted by molar-refractivity contribution is 7.88. The molecular weight excluding hydrogens is 192 g/mol. The summed E-state index contributed by atoms with van der Waals surface area (Å²) in [6.07, 6.45) is 1.70. The Hall–Kier alpha value is -0.170. The minimum atomic E-state index is -3.07. The van der Waals surface area contributed by atoms with E-state index in [2.05, 4.69) is 4.72 Å². The number of hydrogen-bond donors (Lipinski definition) is 2. The lowest BCUT2D eigenvalue weighted by Gasteiger charge is -2.14. The third kappa shape index (κ3) is 4.56. The standard InChI is InChI=1S/C7H16N2O3S/c1-13(11,12)8-3-5-9-4-2-7(10)6-9/h7-8,10H,2-6H2,1H3. The van der Waals surface area contributed by atoms with Gasteiger partial charge in [0.1, 0.15) is 0 Å². The van der Waals surface area contributed by atoms with Crippen molar-refractivity contribution in [1.29, 1.82) is 0 Å². The Kier molecular flexibility index (Phi) is 3.66. The second-order valence-electron chi connectivity index (χ2n) is 3.41. The van der Waals surface area contributed by atoms with Gasteiger partial charge in [-0.1, -0.05) is 0 Å². The van der Waals surface area contributed by atoms with Crippen molar-refractivity contribution in [3.8, 4) is 0 Å². The van der Waals surface area contributed by atoms with Crippen LogP contribution in [0.15, 0.2) is 0 Å². The molecule has 1 aliphatic rings. The first kappa shape index (κ1) is 10.9. The van der Waals surface area contributed by atoms with Crippen LogP contribution >= 0.6 is 0 Å². The summed E-state index contributed by atoms with van der Waals surface area (Å²) in [6, 6.07) is 0. The fourth-order valence-corrected chi connectivity index (χ4v) is 1.87. The molecule has 78 valence electrons. The predicted molar refractivity (Wildman–Crippen MR) is 49.9 cm³/mol. The van der Waals surface area contributed by atoms with Gasteiger partial charge in [0.25, 0.3) is 0 Å². The van der Waals surface area contributed by atoms with Crippen molar-refractivity contribution in [2.75, 3.05) is 32.4 Å². The molecule has 0 aliphatic carbocycles. The van der Waals surface area contributed by atoms with E-state index in [-0.39, 0.29) is 6.10 Å². The highest BCUT2D eigenvalue weighted by Crippen LogP contribution is 2.06. The molecular formula is C7H16N2O3S. The van der Waals surface area contributed by atoms with Crippen LogP contribution in [0.25, 0.3) is 0 Å². The van der Waals surface area contributed by atoms with Crippen LogP contribution in [0.2, 0.25) is 0 Å². The van der Waals surface area contributed by atoms with Crippen LogP contribution in [0.3, 0.4) is 0 Å². The number of aliphatic hydroxyl groups excluding tert-OH is 1. The number of likely N-dealkylation sites (tertiary alicyclic amines) is 1. The molecule has 6 heteroatoms. The van der Waals surface area contributed by atoms with E-state index in [1.165, 1.54) is 0 Å². The molecule has 1 atom stereocenters. The molecule has 0 spiro atoms. The SMILES string of the molecule is CS(=O)(=O)NCCN1CCC(O)C1. The van der Waals surface area contributed by atoms with Gasteiger partial charge in [-0.25, -0.2) is 13.1 Å². The van der Waals surface area contributed by atoms with E-state index >= 15 is 0 Å². The maximum absolute atomic E-state index is 10.7. The number of rotatable bonds is 4. The van der Waals surface area contributed by atoms with Crippen LogP contribution in [-0.4, -0.2) is 57.0 Å². The summed E-state index contributed by atoms with van der Waals surface area (Å²) < 4.78 is 23.8. The Bertz CT molecular complexity index is 252. The van der Waals surface area contributed by atoms with Crippen LogP contribution < -0.4 is 4.72 Å². The van der Waals surface area contributed by atoms with Gasteiger partial charge in [0.2, 0.25) is 10.0 Å². The predicted octanol–water partition coefficient (Wildman–Crippen LogP) is -1.40. The van der Waals surface area contributed by atoms with E-state index < -0.39 is 10.0 Å². The Morgan fingerprint density at radius 2 is 2.31 bits per heavy atom. The topological polar surface area (TPSA) is 69.6 Å². The molecule has 1 heterocycles. The molecule has 0 amide bonds. The van der Waals surface area contributed by atoms with Gasteiger partial charge in [-0.2, -0.15) is 0 Å². The fraction of sp³-hybridized carbons (Fsp3) is 1.00. The van der Waals surface area contributed by atoms with Crippen molar-refractivity contribution in [2.45, 2.75) is 12.5 Å². The fourth-order valence-electron chi connectivity index (χ4n) is 1.40. The van der Waals surface area contributed by atoms with Gasteiger partial charge in [0, 0.05) is 26.2 Å². The number of nitrogens with one attached hydrogen (secondary N) is 1. The average molecular weight is 208 g/mol. The lowest BCUT2D eigenvalue weighted by atomic mass is 10.3. The maximum atomic E-state index is 10.7. The second-order valence-corrected chi connectivity index (χ2v) is 5.24. The van der Waals surface area contributed by atoms with Crippen molar-refractivity contribution in [1.82, 2.24) is 9.62 Å². The van der Waals surface area contributed by atoms with E-state index in [1.807, 2.05) is 4.90 Å². The first-order valence-electron chi connectivity index (χ1n) is 4.32. The molecule has 5 nitrogen and oxygen atoms in total. The van der Waals surface area contributed by atoms with Crippen molar-refractivity contribution in [3.63, 3.8) is 0 Å². The number of β-amino-alcohol motifs (C(OH)–C–C–N with tert-alkyl or cyclic N) is 1. The minimum Gasteiger partial charge on any atom is -0.392 e. The highest BCUT2D eigenvalue weighted by Gasteiger charge is 2.19. The third-order valence-corrected chi connectivity index (χ3v) is 2.77. The summed E-state index contributed by atoms with van der Waals surface area (Å²) in [6.45, 7) is 2.60. The molecule has 2 N–H and O–H groups in total. The van der Waals surface area contributed by atoms with Gasteiger partial charge >= 0.3 is 0 Å². The van der Waals surface area contributed by atoms with Crippen molar-refractivity contribution in [2.24, 2.45) is 0 Å². The molecule has 1 saturated heterocycles. The number of aliphatic hydroxyl groups is 1. The van der Waals surface area contributed by atoms with Crippen LogP contribution in [0.5, 0.6) is 0 Å². The largest absolute Gasteiger partial charge is 0.392 e. The van der Waals surface area contributed by atoms with Crippen molar-refractivity contribution in [3.05, 3.63) is 0 Å². The maximum Gasteiger partial charge on any atom is 0.208 e. The Morgan fingerprint density at radius 3 is 2.77 bits per heavy atom. The number of sulfonamides is 1. The zero-order chi connectivity index (χ0) is 9.90. The van der Waals surface area contributed by atoms with Gasteiger partial charge in [-0.05, 0) is 6.42 Å². The second kappa shape index (κ2) is 4.36. The number of hydrogen-bond acceptors (Lipinski definition) is 4. The Morgan fingerprint density at radius 1 is 1.62 bits per heavy atom. The van der Waals surface area contributed by atoms with Gasteiger partial charge in [0.15, 0.2) is 0 Å². The summed E-state index contributed by atoms with van der Waals surface area (Å²) >= 11 is 0. The van der Waals surface area contributed by atoms with Gasteiger partial charge in [0.05, 0.1) is 12.4 Å². The Balaban J connectivity index is 2.14. The molecule has 1 fully saturated rings. The Labute approximate surface area is 78.8 Å². The summed E-state index contributed by atoms with van der Waals surface area (Å²) in [5.74, 6) is 0. The molecule has 1 aliphatic heterocycles. The van der Waals surface area contributed by atoms with Crippen molar-refractivity contribution >= 4 is 10.0 Å². The summed E-state index contributed by atoms with van der Waals surface area (Å²) in [7, 11) is -3.07. The highest BCUT2D eigenvalue weighted by atomic mass is 32.2. The molecule has 0 saturated carbocycles. The molecule has 1 rings (SSSR count). The van der Waals surface area contributed by atoms with Crippen molar-refractivity contribution < 1.29 is 13.5 Å². The first-order valence-corrected chi connectivity index (χ1v) is 6.21. The normalized spacial score (nSPS) is 25.2. The quantitative estimate of drug-likeness (QED) is 0.596. The van der Waals surface area contributed by atoms with Crippen LogP contribution in [0, 0.1) is 0 Å². The van der Waals surface area contributed by atoms with Crippen LogP contribution in [-0.2, 0) is 10.0 Å². The molecule has 13 heavy (non-hydrogen) atoms. The third-order valence-electron chi connectivity index (χ3n) is 2.04. The van der Waals surface area contributed by atoms with Crippen LogP contribution in [0.4, 0.5) is 0 Å². The molecule has 0 aromatic rings. The lowest BCUT2D eigenvalue weighted by molar-refractivity contribution is 0.177.